The first-order chi connectivity index (χ1) is 8.13. The number of hydrogen-bond donors (Lipinski definition) is 1. The summed E-state index contributed by atoms with van der Waals surface area (Å²) in [7, 11) is 0. The van der Waals surface area contributed by atoms with Gasteiger partial charge in [-0.25, -0.2) is 4.79 Å². The molecule has 1 rings (SSSR count). The van der Waals surface area contributed by atoms with Gasteiger partial charge in [-0.3, -0.25) is 9.69 Å². The van der Waals surface area contributed by atoms with Gasteiger partial charge in [-0.2, -0.15) is 5.26 Å². The minimum Gasteiger partial charge on any atom is -0.478 e. The van der Waals surface area contributed by atoms with Gasteiger partial charge in [-0.15, -0.1) is 0 Å². The number of piperazine rings is 1. The molecule has 0 saturated carbocycles. The number of nitriles is 1. The number of carboxylic acid groups (broad SMARTS) is 1. The van der Waals surface area contributed by atoms with Gasteiger partial charge in [-0.05, 0) is 0 Å². The molecule has 0 atom stereocenters. The molecule has 1 fully saturated rings. The number of carbonyl (C=O) groups excluding carboxylic acids is 1. The summed E-state index contributed by atoms with van der Waals surface area (Å²) in [6.45, 7) is 3.34. The van der Waals surface area contributed by atoms with Gasteiger partial charge in [-0.1, -0.05) is 0 Å². The molecule has 0 spiro atoms. The molecule has 0 aromatic heterocycles. The molecule has 17 heavy (non-hydrogen) atoms. The zero-order chi connectivity index (χ0) is 12.7. The molecule has 1 amide bonds. The normalized spacial score (nSPS) is 17.0. The van der Waals surface area contributed by atoms with Crippen molar-refractivity contribution < 1.29 is 14.7 Å². The fraction of sp³-hybridized carbons (Fsp3) is 0.545. The maximum absolute atomic E-state index is 11.5. The molecular formula is C11H15N3O3. The molecule has 0 radical (unpaired) electrons. The minimum atomic E-state index is -1.12. The van der Waals surface area contributed by atoms with Crippen LogP contribution in [0.3, 0.4) is 0 Å². The maximum Gasteiger partial charge on any atom is 0.328 e. The number of hydrogen-bond acceptors (Lipinski definition) is 4. The molecule has 1 aliphatic heterocycles. The second-order valence-electron chi connectivity index (χ2n) is 3.75. The molecule has 0 aromatic rings. The summed E-state index contributed by atoms with van der Waals surface area (Å²) in [5.74, 6) is -1.39. The fourth-order valence-electron chi connectivity index (χ4n) is 1.65. The Hall–Kier alpha value is -1.87. The summed E-state index contributed by atoms with van der Waals surface area (Å²) in [5, 5.41) is 16.9. The Morgan fingerprint density at radius 3 is 2.41 bits per heavy atom. The van der Waals surface area contributed by atoms with E-state index in [1.807, 2.05) is 0 Å². The first-order valence-electron chi connectivity index (χ1n) is 5.42. The summed E-state index contributed by atoms with van der Waals surface area (Å²) in [6.07, 6.45) is 2.42. The van der Waals surface area contributed by atoms with Crippen molar-refractivity contribution in [3.63, 3.8) is 0 Å². The first-order valence-corrected chi connectivity index (χ1v) is 5.42. The van der Waals surface area contributed by atoms with E-state index in [2.05, 4.69) is 11.0 Å². The number of rotatable bonds is 4. The Bertz CT molecular complexity index is 351. The van der Waals surface area contributed by atoms with E-state index in [4.69, 9.17) is 10.4 Å². The Kier molecular flexibility index (Phi) is 5.17. The summed E-state index contributed by atoms with van der Waals surface area (Å²) in [4.78, 5) is 25.5. The molecule has 6 nitrogen and oxygen atoms in total. The lowest BCUT2D eigenvalue weighted by atomic mass is 10.3. The van der Waals surface area contributed by atoms with Crippen LogP contribution in [-0.4, -0.2) is 59.5 Å². The van der Waals surface area contributed by atoms with Crippen LogP contribution >= 0.6 is 0 Å². The van der Waals surface area contributed by atoms with E-state index in [1.165, 1.54) is 0 Å². The van der Waals surface area contributed by atoms with Gasteiger partial charge < -0.3 is 10.0 Å². The van der Waals surface area contributed by atoms with Crippen LogP contribution < -0.4 is 0 Å². The van der Waals surface area contributed by atoms with Crippen LogP contribution in [0.5, 0.6) is 0 Å². The van der Waals surface area contributed by atoms with Crippen LogP contribution in [-0.2, 0) is 9.59 Å². The smallest absolute Gasteiger partial charge is 0.328 e. The number of amides is 1. The zero-order valence-corrected chi connectivity index (χ0v) is 9.50. The lowest BCUT2D eigenvalue weighted by molar-refractivity contribution is -0.132. The van der Waals surface area contributed by atoms with Crippen LogP contribution in [0.15, 0.2) is 12.2 Å². The van der Waals surface area contributed by atoms with Gasteiger partial charge in [0.15, 0.2) is 0 Å². The van der Waals surface area contributed by atoms with Crippen molar-refractivity contribution in [2.45, 2.75) is 6.42 Å². The molecule has 6 heteroatoms. The number of nitrogens with zero attached hydrogens (tertiary/aromatic N) is 3. The molecule has 0 aliphatic carbocycles. The van der Waals surface area contributed by atoms with Gasteiger partial charge in [0.1, 0.15) is 0 Å². The second kappa shape index (κ2) is 6.66. The van der Waals surface area contributed by atoms with Crippen LogP contribution in [0, 0.1) is 11.3 Å². The van der Waals surface area contributed by atoms with Crippen molar-refractivity contribution in [3.05, 3.63) is 12.2 Å². The molecule has 0 bridgehead atoms. The average molecular weight is 237 g/mol. The zero-order valence-electron chi connectivity index (χ0n) is 9.50. The topological polar surface area (TPSA) is 84.6 Å². The van der Waals surface area contributed by atoms with E-state index in [1.54, 1.807) is 4.90 Å². The van der Waals surface area contributed by atoms with Crippen molar-refractivity contribution in [2.24, 2.45) is 0 Å². The SMILES string of the molecule is N#CCCN1CCN(C(=O)/C=C/C(=O)O)CC1. The second-order valence-corrected chi connectivity index (χ2v) is 3.75. The summed E-state index contributed by atoms with van der Waals surface area (Å²) in [6, 6.07) is 2.08. The highest BCUT2D eigenvalue weighted by atomic mass is 16.4. The molecule has 0 unspecified atom stereocenters. The molecule has 1 N–H and O–H groups in total. The summed E-state index contributed by atoms with van der Waals surface area (Å²) >= 11 is 0. The van der Waals surface area contributed by atoms with Gasteiger partial charge >= 0.3 is 5.97 Å². The number of carbonyl (C=O) groups is 2. The number of carboxylic acids is 1. The largest absolute Gasteiger partial charge is 0.478 e. The Morgan fingerprint density at radius 2 is 1.88 bits per heavy atom. The predicted molar refractivity (Wildman–Crippen MR) is 60.0 cm³/mol. The van der Waals surface area contributed by atoms with Crippen LogP contribution in [0.1, 0.15) is 6.42 Å². The quantitative estimate of drug-likeness (QED) is 0.678. The average Bonchev–Trinajstić information content (AvgIpc) is 2.34. The highest BCUT2D eigenvalue weighted by Gasteiger charge is 2.19. The van der Waals surface area contributed by atoms with Crippen molar-refractivity contribution in [1.82, 2.24) is 9.80 Å². The van der Waals surface area contributed by atoms with E-state index in [0.717, 1.165) is 31.8 Å². The van der Waals surface area contributed by atoms with E-state index in [9.17, 15) is 9.59 Å². The third-order valence-corrected chi connectivity index (χ3v) is 2.59. The Morgan fingerprint density at radius 1 is 1.24 bits per heavy atom. The molecule has 92 valence electrons. The van der Waals surface area contributed by atoms with Crippen LogP contribution in [0.2, 0.25) is 0 Å². The van der Waals surface area contributed by atoms with Crippen molar-refractivity contribution in [1.29, 1.82) is 5.26 Å². The van der Waals surface area contributed by atoms with Gasteiger partial charge in [0.25, 0.3) is 0 Å². The maximum atomic E-state index is 11.5. The molecular weight excluding hydrogens is 222 g/mol. The van der Waals surface area contributed by atoms with Crippen molar-refractivity contribution in [3.8, 4) is 6.07 Å². The third kappa shape index (κ3) is 4.66. The van der Waals surface area contributed by atoms with E-state index in [0.29, 0.717) is 19.5 Å². The first kappa shape index (κ1) is 13.2. The minimum absolute atomic E-state index is 0.271. The highest BCUT2D eigenvalue weighted by Crippen LogP contribution is 2.03. The predicted octanol–water partition coefficient (Wildman–Crippen LogP) is -0.315. The van der Waals surface area contributed by atoms with Gasteiger partial charge in [0.2, 0.25) is 5.91 Å². The molecule has 0 aromatic carbocycles. The van der Waals surface area contributed by atoms with Crippen LogP contribution in [0.4, 0.5) is 0 Å². The summed E-state index contributed by atoms with van der Waals surface area (Å²) < 4.78 is 0. The lowest BCUT2D eigenvalue weighted by Gasteiger charge is -2.33. The monoisotopic (exact) mass is 237 g/mol. The van der Waals surface area contributed by atoms with E-state index < -0.39 is 5.97 Å². The van der Waals surface area contributed by atoms with Crippen LogP contribution in [0.25, 0.3) is 0 Å². The van der Waals surface area contributed by atoms with E-state index in [-0.39, 0.29) is 5.91 Å². The Balaban J connectivity index is 2.34. The molecule has 1 saturated heterocycles. The van der Waals surface area contributed by atoms with Gasteiger partial charge in [0.05, 0.1) is 6.07 Å². The van der Waals surface area contributed by atoms with Gasteiger partial charge in [0, 0.05) is 51.3 Å². The van der Waals surface area contributed by atoms with E-state index >= 15 is 0 Å². The standard InChI is InChI=1S/C11H15N3O3/c12-4-1-5-13-6-8-14(9-7-13)10(15)2-3-11(16)17/h2-3H,1,5-9H2,(H,16,17)/b3-2+. The third-order valence-electron chi connectivity index (χ3n) is 2.59. The van der Waals surface area contributed by atoms with Crippen molar-refractivity contribution in [2.75, 3.05) is 32.7 Å². The fourth-order valence-corrected chi connectivity index (χ4v) is 1.65. The lowest BCUT2D eigenvalue weighted by Crippen LogP contribution is -2.48. The summed E-state index contributed by atoms with van der Waals surface area (Å²) in [5.41, 5.74) is 0. The number of aliphatic carboxylic acids is 1. The Labute approximate surface area is 99.7 Å². The molecule has 1 aliphatic rings. The highest BCUT2D eigenvalue weighted by molar-refractivity contribution is 5.93. The molecule has 1 heterocycles. The van der Waals surface area contributed by atoms with Crippen molar-refractivity contribution >= 4 is 11.9 Å².